The summed E-state index contributed by atoms with van der Waals surface area (Å²) in [5.41, 5.74) is 0.544. The second-order valence-corrected chi connectivity index (χ2v) is 4.58. The van der Waals surface area contributed by atoms with Gasteiger partial charge in [-0.1, -0.05) is 12.1 Å². The van der Waals surface area contributed by atoms with Gasteiger partial charge in [0.25, 0.3) is 0 Å². The molecule has 0 saturated heterocycles. The number of methoxy groups -OCH3 is 1. The van der Waals surface area contributed by atoms with E-state index < -0.39 is 0 Å². The SMILES string of the molecule is COc1ccccc1Oc1ccc(C(=O)c2ccco2)cc1. The van der Waals surface area contributed by atoms with Crippen molar-refractivity contribution in [2.45, 2.75) is 0 Å². The maximum absolute atomic E-state index is 12.1. The third-order valence-corrected chi connectivity index (χ3v) is 3.16. The minimum atomic E-state index is -0.158. The third kappa shape index (κ3) is 2.86. The standard InChI is InChI=1S/C18H14O4/c1-20-15-5-2-3-6-16(15)22-14-10-8-13(9-11-14)18(19)17-7-4-12-21-17/h2-12H,1H3. The number of ketones is 1. The van der Waals surface area contributed by atoms with E-state index in [1.165, 1.54) is 6.26 Å². The highest BCUT2D eigenvalue weighted by molar-refractivity contribution is 6.07. The predicted octanol–water partition coefficient (Wildman–Crippen LogP) is 4.31. The van der Waals surface area contributed by atoms with Crippen molar-refractivity contribution < 1.29 is 18.7 Å². The molecule has 110 valence electrons. The number of para-hydroxylation sites is 2. The maximum atomic E-state index is 12.1. The summed E-state index contributed by atoms with van der Waals surface area (Å²) in [7, 11) is 1.59. The number of furan rings is 1. The molecule has 0 saturated carbocycles. The van der Waals surface area contributed by atoms with Gasteiger partial charge in [-0.05, 0) is 48.5 Å². The van der Waals surface area contributed by atoms with Gasteiger partial charge in [0, 0.05) is 5.56 Å². The van der Waals surface area contributed by atoms with Crippen LogP contribution in [-0.2, 0) is 0 Å². The van der Waals surface area contributed by atoms with E-state index in [9.17, 15) is 4.79 Å². The number of carbonyl (C=O) groups excluding carboxylic acids is 1. The highest BCUT2D eigenvalue weighted by atomic mass is 16.5. The molecule has 0 fully saturated rings. The van der Waals surface area contributed by atoms with Crippen LogP contribution >= 0.6 is 0 Å². The van der Waals surface area contributed by atoms with Gasteiger partial charge < -0.3 is 13.9 Å². The van der Waals surface area contributed by atoms with Gasteiger partial charge in [-0.3, -0.25) is 4.79 Å². The van der Waals surface area contributed by atoms with Crippen LogP contribution < -0.4 is 9.47 Å². The van der Waals surface area contributed by atoms with E-state index in [4.69, 9.17) is 13.9 Å². The van der Waals surface area contributed by atoms with Crippen molar-refractivity contribution in [1.82, 2.24) is 0 Å². The molecular formula is C18H14O4. The van der Waals surface area contributed by atoms with Crippen LogP contribution in [0, 0.1) is 0 Å². The van der Waals surface area contributed by atoms with E-state index in [0.29, 0.717) is 28.6 Å². The van der Waals surface area contributed by atoms with Crippen LogP contribution in [0.25, 0.3) is 0 Å². The molecule has 0 unspecified atom stereocenters. The number of hydrogen-bond donors (Lipinski definition) is 0. The number of rotatable bonds is 5. The molecule has 0 spiro atoms. The van der Waals surface area contributed by atoms with Crippen LogP contribution in [0.1, 0.15) is 16.1 Å². The maximum Gasteiger partial charge on any atom is 0.228 e. The lowest BCUT2D eigenvalue weighted by atomic mass is 10.1. The zero-order chi connectivity index (χ0) is 15.4. The Kier molecular flexibility index (Phi) is 3.92. The molecule has 2 aromatic carbocycles. The fourth-order valence-electron chi connectivity index (χ4n) is 2.05. The van der Waals surface area contributed by atoms with Crippen LogP contribution in [0.2, 0.25) is 0 Å². The Balaban J connectivity index is 1.78. The molecule has 1 aromatic heterocycles. The number of hydrogen-bond acceptors (Lipinski definition) is 4. The van der Waals surface area contributed by atoms with E-state index in [2.05, 4.69) is 0 Å². The Morgan fingerprint density at radius 2 is 1.64 bits per heavy atom. The summed E-state index contributed by atoms with van der Waals surface area (Å²) in [6.45, 7) is 0. The summed E-state index contributed by atoms with van der Waals surface area (Å²) in [5, 5.41) is 0. The van der Waals surface area contributed by atoms with Crippen LogP contribution in [0.4, 0.5) is 0 Å². The molecule has 0 amide bonds. The molecule has 4 nitrogen and oxygen atoms in total. The molecule has 0 aliphatic heterocycles. The Bertz CT molecular complexity index is 758. The first-order chi connectivity index (χ1) is 10.8. The summed E-state index contributed by atoms with van der Waals surface area (Å²) in [6.07, 6.45) is 1.48. The zero-order valence-electron chi connectivity index (χ0n) is 12.0. The van der Waals surface area contributed by atoms with Gasteiger partial charge in [-0.25, -0.2) is 0 Å². The lowest BCUT2D eigenvalue weighted by Crippen LogP contribution is -1.99. The van der Waals surface area contributed by atoms with Gasteiger partial charge >= 0.3 is 0 Å². The summed E-state index contributed by atoms with van der Waals surface area (Å²) < 4.78 is 16.1. The minimum Gasteiger partial charge on any atom is -0.493 e. The molecule has 4 heteroatoms. The van der Waals surface area contributed by atoms with Gasteiger partial charge in [0.1, 0.15) is 5.75 Å². The number of ether oxygens (including phenoxy) is 2. The van der Waals surface area contributed by atoms with Crippen molar-refractivity contribution in [3.63, 3.8) is 0 Å². The largest absolute Gasteiger partial charge is 0.493 e. The predicted molar refractivity (Wildman–Crippen MR) is 81.7 cm³/mol. The first-order valence-electron chi connectivity index (χ1n) is 6.77. The number of benzene rings is 2. The molecular weight excluding hydrogens is 280 g/mol. The van der Waals surface area contributed by atoms with Crippen molar-refractivity contribution in [2.24, 2.45) is 0 Å². The van der Waals surface area contributed by atoms with Gasteiger partial charge in [-0.2, -0.15) is 0 Å². The quantitative estimate of drug-likeness (QED) is 0.658. The van der Waals surface area contributed by atoms with Crippen molar-refractivity contribution in [2.75, 3.05) is 7.11 Å². The summed E-state index contributed by atoms with van der Waals surface area (Å²) in [4.78, 5) is 12.1. The fourth-order valence-corrected chi connectivity index (χ4v) is 2.05. The van der Waals surface area contributed by atoms with E-state index >= 15 is 0 Å². The molecule has 0 aliphatic rings. The summed E-state index contributed by atoms with van der Waals surface area (Å²) in [5.74, 6) is 2.06. The van der Waals surface area contributed by atoms with Crippen molar-refractivity contribution >= 4 is 5.78 Å². The average molecular weight is 294 g/mol. The Morgan fingerprint density at radius 3 is 2.27 bits per heavy atom. The van der Waals surface area contributed by atoms with Crippen molar-refractivity contribution in [3.8, 4) is 17.2 Å². The van der Waals surface area contributed by atoms with Gasteiger partial charge in [0.2, 0.25) is 5.78 Å². The lowest BCUT2D eigenvalue weighted by Gasteiger charge is -2.10. The molecule has 0 bridgehead atoms. The molecule has 0 aliphatic carbocycles. The van der Waals surface area contributed by atoms with Crippen molar-refractivity contribution in [1.29, 1.82) is 0 Å². The first kappa shape index (κ1) is 13.9. The monoisotopic (exact) mass is 294 g/mol. The molecule has 1 heterocycles. The Morgan fingerprint density at radius 1 is 0.909 bits per heavy atom. The molecule has 0 N–H and O–H groups in total. The highest BCUT2D eigenvalue weighted by Gasteiger charge is 2.12. The minimum absolute atomic E-state index is 0.158. The normalized spacial score (nSPS) is 10.2. The lowest BCUT2D eigenvalue weighted by molar-refractivity contribution is 0.101. The van der Waals surface area contributed by atoms with E-state index in [1.807, 2.05) is 24.3 Å². The molecule has 0 radical (unpaired) electrons. The van der Waals surface area contributed by atoms with Gasteiger partial charge in [0.05, 0.1) is 13.4 Å². The first-order valence-corrected chi connectivity index (χ1v) is 6.77. The average Bonchev–Trinajstić information content (AvgIpc) is 3.10. The van der Waals surface area contributed by atoms with E-state index in [-0.39, 0.29) is 5.78 Å². The van der Waals surface area contributed by atoms with Crippen LogP contribution in [0.15, 0.2) is 71.3 Å². The summed E-state index contributed by atoms with van der Waals surface area (Å²) >= 11 is 0. The number of carbonyl (C=O) groups is 1. The zero-order valence-corrected chi connectivity index (χ0v) is 12.0. The highest BCUT2D eigenvalue weighted by Crippen LogP contribution is 2.31. The van der Waals surface area contributed by atoms with E-state index in [0.717, 1.165) is 0 Å². The van der Waals surface area contributed by atoms with E-state index in [1.54, 1.807) is 43.5 Å². The van der Waals surface area contributed by atoms with Crippen LogP contribution in [-0.4, -0.2) is 12.9 Å². The topological polar surface area (TPSA) is 48.7 Å². The van der Waals surface area contributed by atoms with Crippen LogP contribution in [0.5, 0.6) is 17.2 Å². The van der Waals surface area contributed by atoms with Crippen LogP contribution in [0.3, 0.4) is 0 Å². The Hall–Kier alpha value is -3.01. The molecule has 0 atom stereocenters. The smallest absolute Gasteiger partial charge is 0.228 e. The molecule has 3 rings (SSSR count). The van der Waals surface area contributed by atoms with Gasteiger partial charge in [0.15, 0.2) is 17.3 Å². The third-order valence-electron chi connectivity index (χ3n) is 3.16. The Labute approximate surface area is 127 Å². The molecule has 3 aromatic rings. The second kappa shape index (κ2) is 6.18. The second-order valence-electron chi connectivity index (χ2n) is 4.58. The van der Waals surface area contributed by atoms with Crippen molar-refractivity contribution in [3.05, 3.63) is 78.3 Å². The molecule has 22 heavy (non-hydrogen) atoms. The fraction of sp³-hybridized carbons (Fsp3) is 0.0556. The summed E-state index contributed by atoms with van der Waals surface area (Å²) in [6, 6.07) is 17.6. The van der Waals surface area contributed by atoms with Gasteiger partial charge in [-0.15, -0.1) is 0 Å².